The number of halogens is 2. The molecule has 2 N–H and O–H groups in total. The summed E-state index contributed by atoms with van der Waals surface area (Å²) in [6, 6.07) is 15.7. The molecule has 0 saturated carbocycles. The van der Waals surface area contributed by atoms with Crippen LogP contribution in [0.15, 0.2) is 70.5 Å². The summed E-state index contributed by atoms with van der Waals surface area (Å²) in [7, 11) is -2.00. The molecule has 116 valence electrons. The van der Waals surface area contributed by atoms with Crippen molar-refractivity contribution < 1.29 is 16.8 Å². The molecule has 0 atom stereocenters. The highest BCUT2D eigenvalue weighted by Gasteiger charge is 2.06. The van der Waals surface area contributed by atoms with Crippen molar-refractivity contribution in [1.29, 1.82) is 0 Å². The lowest BCUT2D eigenvalue weighted by molar-refractivity contribution is 0.597. The molecule has 0 saturated heterocycles. The molecule has 9 heteroatoms. The van der Waals surface area contributed by atoms with Gasteiger partial charge in [0.05, 0.1) is 9.79 Å². The van der Waals surface area contributed by atoms with Gasteiger partial charge in [0.2, 0.25) is 10.0 Å². The number of sulfonamides is 1. The number of rotatable bonds is 2. The molecule has 0 heterocycles. The Morgan fingerprint density at radius 1 is 0.714 bits per heavy atom. The van der Waals surface area contributed by atoms with Crippen molar-refractivity contribution >= 4 is 42.2 Å². The van der Waals surface area contributed by atoms with E-state index in [4.69, 9.17) is 15.8 Å². The molecule has 0 spiro atoms. The molecule has 0 amide bonds. The first-order valence-corrected chi connectivity index (χ1v) is 9.14. The molecule has 0 aliphatic carbocycles. The van der Waals surface area contributed by atoms with E-state index in [0.717, 1.165) is 0 Å². The van der Waals surface area contributed by atoms with Gasteiger partial charge in [0.15, 0.2) is 0 Å². The van der Waals surface area contributed by atoms with Crippen molar-refractivity contribution in [3.05, 3.63) is 60.7 Å². The molecule has 2 aromatic carbocycles. The molecule has 0 aromatic heterocycles. The molecule has 0 unspecified atom stereocenters. The van der Waals surface area contributed by atoms with Gasteiger partial charge in [0.25, 0.3) is 9.05 Å². The third-order valence-electron chi connectivity index (χ3n) is 2.10. The van der Waals surface area contributed by atoms with Crippen LogP contribution in [-0.4, -0.2) is 16.8 Å². The van der Waals surface area contributed by atoms with Crippen LogP contribution in [-0.2, 0) is 19.1 Å². The van der Waals surface area contributed by atoms with Gasteiger partial charge in [-0.15, -0.1) is 12.4 Å². The van der Waals surface area contributed by atoms with E-state index < -0.39 is 19.1 Å². The normalized spacial score (nSPS) is 10.8. The fourth-order valence-corrected chi connectivity index (χ4v) is 2.52. The summed E-state index contributed by atoms with van der Waals surface area (Å²) in [6.45, 7) is 0. The fraction of sp³-hybridized carbons (Fsp3) is 0. The Labute approximate surface area is 134 Å². The first-order valence-electron chi connectivity index (χ1n) is 5.29. The Balaban J connectivity index is 0.000000364. The quantitative estimate of drug-likeness (QED) is 0.821. The minimum Gasteiger partial charge on any atom is -0.225 e. The summed E-state index contributed by atoms with van der Waals surface area (Å²) in [5, 5.41) is 4.83. The number of primary sulfonamides is 1. The zero-order valence-electron chi connectivity index (χ0n) is 10.6. The van der Waals surface area contributed by atoms with E-state index >= 15 is 0 Å². The summed E-state index contributed by atoms with van der Waals surface area (Å²) < 4.78 is 42.4. The van der Waals surface area contributed by atoms with Crippen molar-refractivity contribution in [2.75, 3.05) is 0 Å². The summed E-state index contributed by atoms with van der Waals surface area (Å²) in [4.78, 5) is 0.284. The van der Waals surface area contributed by atoms with Gasteiger partial charge in [0.1, 0.15) is 0 Å². The van der Waals surface area contributed by atoms with Crippen molar-refractivity contribution in [3.8, 4) is 0 Å². The van der Waals surface area contributed by atoms with Crippen molar-refractivity contribution in [3.63, 3.8) is 0 Å². The smallest absolute Gasteiger partial charge is 0.225 e. The zero-order valence-corrected chi connectivity index (χ0v) is 13.8. The van der Waals surface area contributed by atoms with Crippen LogP contribution in [0.5, 0.6) is 0 Å². The van der Waals surface area contributed by atoms with Gasteiger partial charge in [0, 0.05) is 10.7 Å². The highest BCUT2D eigenvalue weighted by molar-refractivity contribution is 8.13. The molecule has 0 fully saturated rings. The van der Waals surface area contributed by atoms with Crippen molar-refractivity contribution in [1.82, 2.24) is 0 Å². The highest BCUT2D eigenvalue weighted by atomic mass is 35.7. The first kappa shape index (κ1) is 19.9. The Morgan fingerprint density at radius 3 is 1.24 bits per heavy atom. The zero-order chi connectivity index (χ0) is 15.2. The summed E-state index contributed by atoms with van der Waals surface area (Å²) >= 11 is 0. The third kappa shape index (κ3) is 7.45. The predicted octanol–water partition coefficient (Wildman–Crippen LogP) is 2.37. The van der Waals surface area contributed by atoms with Crippen LogP contribution >= 0.6 is 23.1 Å². The van der Waals surface area contributed by atoms with Crippen molar-refractivity contribution in [2.45, 2.75) is 9.79 Å². The van der Waals surface area contributed by atoms with E-state index in [2.05, 4.69) is 0 Å². The van der Waals surface area contributed by atoms with Crippen LogP contribution in [0.1, 0.15) is 0 Å². The Morgan fingerprint density at radius 2 is 1.05 bits per heavy atom. The molecule has 0 bridgehead atoms. The standard InChI is InChI=1S/C6H5ClO2S.C6H7NO2S.ClH/c2*7-10(8,9)6-4-2-1-3-5-6;/h1-5H;1-5H,(H2,7,8,9);1H. The summed E-state index contributed by atoms with van der Waals surface area (Å²) in [5.41, 5.74) is 0. The lowest BCUT2D eigenvalue weighted by Gasteiger charge is -1.93. The second-order valence-electron chi connectivity index (χ2n) is 3.61. The van der Waals surface area contributed by atoms with Crippen LogP contribution in [0, 0.1) is 0 Å². The Kier molecular flexibility index (Phi) is 7.91. The molecule has 0 aliphatic rings. The monoisotopic (exact) mass is 369 g/mol. The Bertz CT molecular complexity index is 681. The summed E-state index contributed by atoms with van der Waals surface area (Å²) in [6.07, 6.45) is 0. The van der Waals surface area contributed by atoms with E-state index in [9.17, 15) is 16.8 Å². The molecular weight excluding hydrogens is 357 g/mol. The lowest BCUT2D eigenvalue weighted by atomic mass is 10.4. The van der Waals surface area contributed by atoms with Gasteiger partial charge < -0.3 is 0 Å². The molecule has 5 nitrogen and oxygen atoms in total. The minimum atomic E-state index is -3.53. The second-order valence-corrected chi connectivity index (χ2v) is 7.74. The van der Waals surface area contributed by atoms with Gasteiger partial charge in [-0.1, -0.05) is 36.4 Å². The van der Waals surface area contributed by atoms with E-state index in [1.165, 1.54) is 24.3 Å². The number of hydrogen-bond acceptors (Lipinski definition) is 4. The molecule has 2 rings (SSSR count). The number of benzene rings is 2. The first-order chi connectivity index (χ1) is 9.21. The maximum absolute atomic E-state index is 10.6. The SMILES string of the molecule is Cl.NS(=O)(=O)c1ccccc1.O=S(=O)(Cl)c1ccccc1. The molecular formula is C12H13Cl2NO4S2. The summed E-state index contributed by atoms with van der Waals surface area (Å²) in [5.74, 6) is 0. The van der Waals surface area contributed by atoms with Gasteiger partial charge in [-0.3, -0.25) is 0 Å². The third-order valence-corrected chi connectivity index (χ3v) is 4.40. The van der Waals surface area contributed by atoms with Gasteiger partial charge in [-0.05, 0) is 24.3 Å². The highest BCUT2D eigenvalue weighted by Crippen LogP contribution is 2.12. The van der Waals surface area contributed by atoms with E-state index in [1.54, 1.807) is 36.4 Å². The van der Waals surface area contributed by atoms with E-state index in [1.807, 2.05) is 0 Å². The van der Waals surface area contributed by atoms with Crippen molar-refractivity contribution in [2.24, 2.45) is 5.14 Å². The van der Waals surface area contributed by atoms with Crippen LogP contribution in [0.4, 0.5) is 0 Å². The van der Waals surface area contributed by atoms with Crippen LogP contribution in [0.25, 0.3) is 0 Å². The average molecular weight is 370 g/mol. The van der Waals surface area contributed by atoms with Gasteiger partial charge >= 0.3 is 0 Å². The fourth-order valence-electron chi connectivity index (χ4n) is 1.19. The topological polar surface area (TPSA) is 94.3 Å². The minimum absolute atomic E-state index is 0. The van der Waals surface area contributed by atoms with Gasteiger partial charge in [-0.2, -0.15) is 0 Å². The molecule has 0 radical (unpaired) electrons. The molecule has 21 heavy (non-hydrogen) atoms. The average Bonchev–Trinajstić information content (AvgIpc) is 2.40. The number of hydrogen-bond donors (Lipinski definition) is 1. The predicted molar refractivity (Wildman–Crippen MR) is 84.5 cm³/mol. The second kappa shape index (κ2) is 8.35. The largest absolute Gasteiger partial charge is 0.261 e. The lowest BCUT2D eigenvalue weighted by Crippen LogP contribution is -2.11. The molecule has 2 aromatic rings. The van der Waals surface area contributed by atoms with E-state index in [-0.39, 0.29) is 22.2 Å². The van der Waals surface area contributed by atoms with Crippen LogP contribution < -0.4 is 5.14 Å². The molecule has 0 aliphatic heterocycles. The maximum atomic E-state index is 10.6. The Hall–Kier alpha value is -1.12. The van der Waals surface area contributed by atoms with Crippen LogP contribution in [0.3, 0.4) is 0 Å². The van der Waals surface area contributed by atoms with Crippen LogP contribution in [0.2, 0.25) is 0 Å². The van der Waals surface area contributed by atoms with E-state index in [0.29, 0.717) is 0 Å². The van der Waals surface area contributed by atoms with Gasteiger partial charge in [-0.25, -0.2) is 22.0 Å². The maximum Gasteiger partial charge on any atom is 0.261 e. The number of nitrogens with two attached hydrogens (primary N) is 1.